The SMILES string of the molecule is O=c1c2nn(-c3ccccc3)cc2cnn1CC(O)COCc1ccc(Cl)cc1. The minimum Gasteiger partial charge on any atom is -0.389 e. The maximum absolute atomic E-state index is 12.7. The molecule has 7 nitrogen and oxygen atoms in total. The van der Waals surface area contributed by atoms with E-state index in [1.165, 1.54) is 4.68 Å². The number of aliphatic hydroxyl groups excluding tert-OH is 1. The Kier molecular flexibility index (Phi) is 5.71. The third-order valence-electron chi connectivity index (χ3n) is 4.41. The molecule has 0 amide bonds. The van der Waals surface area contributed by atoms with Gasteiger partial charge in [-0.1, -0.05) is 41.9 Å². The van der Waals surface area contributed by atoms with Crippen molar-refractivity contribution < 1.29 is 9.84 Å². The second kappa shape index (κ2) is 8.57. The third-order valence-corrected chi connectivity index (χ3v) is 4.66. The summed E-state index contributed by atoms with van der Waals surface area (Å²) in [5.74, 6) is 0. The molecule has 29 heavy (non-hydrogen) atoms. The molecular formula is C21H19ClN4O3. The Hall–Kier alpha value is -3.00. The van der Waals surface area contributed by atoms with Gasteiger partial charge in [-0.3, -0.25) is 4.79 Å². The Bertz CT molecular complexity index is 1160. The predicted molar refractivity (Wildman–Crippen MR) is 110 cm³/mol. The average molecular weight is 411 g/mol. The molecule has 2 aromatic heterocycles. The molecule has 1 N–H and O–H groups in total. The maximum atomic E-state index is 12.7. The highest BCUT2D eigenvalue weighted by Gasteiger charge is 2.13. The van der Waals surface area contributed by atoms with Crippen LogP contribution < -0.4 is 5.56 Å². The molecule has 0 aliphatic heterocycles. The largest absolute Gasteiger partial charge is 0.389 e. The standard InChI is InChI=1S/C21H19ClN4O3/c22-17-8-6-15(7-9-17)13-29-14-19(27)12-26-21(28)20-16(10-23-26)11-25(24-20)18-4-2-1-3-5-18/h1-11,19,27H,12-14H2. The Morgan fingerprint density at radius 2 is 1.86 bits per heavy atom. The van der Waals surface area contributed by atoms with E-state index in [1.54, 1.807) is 29.2 Å². The molecular weight excluding hydrogens is 392 g/mol. The number of ether oxygens (including phenoxy) is 1. The minimum absolute atomic E-state index is 0.0214. The maximum Gasteiger partial charge on any atom is 0.295 e. The zero-order chi connectivity index (χ0) is 20.2. The lowest BCUT2D eigenvalue weighted by Gasteiger charge is -2.12. The number of aromatic nitrogens is 4. The van der Waals surface area contributed by atoms with Crippen LogP contribution in [-0.4, -0.2) is 37.4 Å². The number of hydrogen-bond acceptors (Lipinski definition) is 5. The van der Waals surface area contributed by atoms with E-state index < -0.39 is 6.10 Å². The normalized spacial score (nSPS) is 12.3. The number of aliphatic hydroxyl groups is 1. The zero-order valence-electron chi connectivity index (χ0n) is 15.5. The first-order valence-electron chi connectivity index (χ1n) is 9.11. The minimum atomic E-state index is -0.874. The molecule has 0 aliphatic rings. The summed E-state index contributed by atoms with van der Waals surface area (Å²) in [6.07, 6.45) is 2.46. The van der Waals surface area contributed by atoms with Crippen LogP contribution in [0.25, 0.3) is 16.6 Å². The molecule has 0 fully saturated rings. The number of benzene rings is 2. The van der Waals surface area contributed by atoms with E-state index in [0.717, 1.165) is 11.3 Å². The first-order valence-corrected chi connectivity index (χ1v) is 9.49. The van der Waals surface area contributed by atoms with E-state index in [4.69, 9.17) is 16.3 Å². The highest BCUT2D eigenvalue weighted by atomic mass is 35.5. The topological polar surface area (TPSA) is 82.2 Å². The molecule has 2 heterocycles. The molecule has 0 saturated carbocycles. The summed E-state index contributed by atoms with van der Waals surface area (Å²) in [6, 6.07) is 16.8. The van der Waals surface area contributed by atoms with Gasteiger partial charge in [-0.2, -0.15) is 10.2 Å². The van der Waals surface area contributed by atoms with Crippen LogP contribution in [0.3, 0.4) is 0 Å². The fraction of sp³-hybridized carbons (Fsp3) is 0.190. The monoisotopic (exact) mass is 410 g/mol. The van der Waals surface area contributed by atoms with Crippen molar-refractivity contribution in [1.82, 2.24) is 19.6 Å². The van der Waals surface area contributed by atoms with Gasteiger partial charge in [-0.25, -0.2) is 9.36 Å². The zero-order valence-corrected chi connectivity index (χ0v) is 16.2. The Morgan fingerprint density at radius 3 is 2.62 bits per heavy atom. The summed E-state index contributed by atoms with van der Waals surface area (Å²) in [7, 11) is 0. The predicted octanol–water partition coefficient (Wildman–Crippen LogP) is 2.81. The molecule has 8 heteroatoms. The lowest BCUT2D eigenvalue weighted by atomic mass is 10.2. The number of hydrogen-bond donors (Lipinski definition) is 1. The quantitative estimate of drug-likeness (QED) is 0.506. The number of halogens is 1. The summed E-state index contributed by atoms with van der Waals surface area (Å²) >= 11 is 5.85. The molecule has 1 atom stereocenters. The fourth-order valence-corrected chi connectivity index (χ4v) is 3.07. The summed E-state index contributed by atoms with van der Waals surface area (Å²) in [4.78, 5) is 12.7. The van der Waals surface area contributed by atoms with Crippen molar-refractivity contribution in [2.45, 2.75) is 19.3 Å². The van der Waals surface area contributed by atoms with Crippen LogP contribution >= 0.6 is 11.6 Å². The van der Waals surface area contributed by atoms with Crippen LogP contribution in [0.15, 0.2) is 71.8 Å². The number of nitrogens with zero attached hydrogens (tertiary/aromatic N) is 4. The van der Waals surface area contributed by atoms with Crippen molar-refractivity contribution >= 4 is 22.5 Å². The van der Waals surface area contributed by atoms with Gasteiger partial charge in [-0.15, -0.1) is 0 Å². The molecule has 2 aromatic carbocycles. The van der Waals surface area contributed by atoms with Crippen molar-refractivity contribution in [1.29, 1.82) is 0 Å². The van der Waals surface area contributed by atoms with Crippen LogP contribution in [0.1, 0.15) is 5.56 Å². The summed E-state index contributed by atoms with van der Waals surface area (Å²) < 4.78 is 8.38. The van der Waals surface area contributed by atoms with E-state index in [1.807, 2.05) is 42.5 Å². The Morgan fingerprint density at radius 1 is 1.10 bits per heavy atom. The lowest BCUT2D eigenvalue weighted by Crippen LogP contribution is -2.31. The second-order valence-corrected chi connectivity index (χ2v) is 7.08. The van der Waals surface area contributed by atoms with E-state index >= 15 is 0 Å². The molecule has 4 rings (SSSR count). The molecule has 0 spiro atoms. The van der Waals surface area contributed by atoms with Crippen LogP contribution in [-0.2, 0) is 17.9 Å². The van der Waals surface area contributed by atoms with Gasteiger partial charge in [-0.05, 0) is 29.8 Å². The van der Waals surface area contributed by atoms with Gasteiger partial charge in [0.2, 0.25) is 0 Å². The van der Waals surface area contributed by atoms with Crippen molar-refractivity contribution in [3.8, 4) is 5.69 Å². The smallest absolute Gasteiger partial charge is 0.295 e. The summed E-state index contributed by atoms with van der Waals surface area (Å²) in [5.41, 5.74) is 1.75. The summed E-state index contributed by atoms with van der Waals surface area (Å²) in [6.45, 7) is 0.442. The van der Waals surface area contributed by atoms with Crippen LogP contribution in [0.4, 0.5) is 0 Å². The Labute approximate surface area is 171 Å². The third kappa shape index (κ3) is 4.54. The van der Waals surface area contributed by atoms with Gasteiger partial charge in [0.25, 0.3) is 5.56 Å². The van der Waals surface area contributed by atoms with E-state index in [9.17, 15) is 9.90 Å². The molecule has 148 valence electrons. The van der Waals surface area contributed by atoms with Crippen molar-refractivity contribution in [2.75, 3.05) is 6.61 Å². The molecule has 1 unspecified atom stereocenters. The molecule has 0 bridgehead atoms. The molecule has 0 radical (unpaired) electrons. The van der Waals surface area contributed by atoms with Crippen LogP contribution in [0.5, 0.6) is 0 Å². The molecule has 0 saturated heterocycles. The van der Waals surface area contributed by atoms with Crippen molar-refractivity contribution in [3.05, 3.63) is 87.9 Å². The number of para-hydroxylation sites is 1. The van der Waals surface area contributed by atoms with Gasteiger partial charge >= 0.3 is 0 Å². The fourth-order valence-electron chi connectivity index (χ4n) is 2.94. The van der Waals surface area contributed by atoms with E-state index in [0.29, 0.717) is 22.5 Å². The van der Waals surface area contributed by atoms with Gasteiger partial charge in [0.05, 0.1) is 37.7 Å². The average Bonchev–Trinajstić information content (AvgIpc) is 3.18. The first-order chi connectivity index (χ1) is 14.1. The van der Waals surface area contributed by atoms with Crippen LogP contribution in [0, 0.1) is 0 Å². The number of rotatable bonds is 7. The number of fused-ring (bicyclic) bond motifs is 1. The second-order valence-electron chi connectivity index (χ2n) is 6.64. The molecule has 4 aromatic rings. The van der Waals surface area contributed by atoms with Gasteiger partial charge in [0.1, 0.15) is 0 Å². The lowest BCUT2D eigenvalue weighted by molar-refractivity contribution is 0.0181. The van der Waals surface area contributed by atoms with E-state index in [2.05, 4.69) is 10.2 Å². The highest BCUT2D eigenvalue weighted by Crippen LogP contribution is 2.12. The van der Waals surface area contributed by atoms with Gasteiger partial charge < -0.3 is 9.84 Å². The van der Waals surface area contributed by atoms with Crippen molar-refractivity contribution in [2.24, 2.45) is 0 Å². The molecule has 0 aliphatic carbocycles. The van der Waals surface area contributed by atoms with Crippen molar-refractivity contribution in [3.63, 3.8) is 0 Å². The Balaban J connectivity index is 1.42. The first kappa shape index (κ1) is 19.3. The highest BCUT2D eigenvalue weighted by molar-refractivity contribution is 6.30. The van der Waals surface area contributed by atoms with Crippen LogP contribution in [0.2, 0.25) is 5.02 Å². The van der Waals surface area contributed by atoms with E-state index in [-0.39, 0.29) is 18.7 Å². The van der Waals surface area contributed by atoms with Gasteiger partial charge in [0, 0.05) is 16.6 Å². The summed E-state index contributed by atoms with van der Waals surface area (Å²) in [5, 5.41) is 20.1. The van der Waals surface area contributed by atoms with Gasteiger partial charge in [0.15, 0.2) is 5.52 Å².